The first-order valence-corrected chi connectivity index (χ1v) is 6.49. The minimum absolute atomic E-state index is 0.267. The Morgan fingerprint density at radius 2 is 2.00 bits per heavy atom. The van der Waals surface area contributed by atoms with Gasteiger partial charge in [0.2, 0.25) is 5.88 Å². The molecule has 4 nitrogen and oxygen atoms in total. The Morgan fingerprint density at radius 1 is 1.25 bits per heavy atom. The number of nitrogens with one attached hydrogen (secondary N) is 1. The number of ether oxygens (including phenoxy) is 1. The van der Waals surface area contributed by atoms with Crippen LogP contribution in [-0.2, 0) is 6.54 Å². The zero-order chi connectivity index (χ0) is 14.5. The summed E-state index contributed by atoms with van der Waals surface area (Å²) in [4.78, 5) is 8.43. The fraction of sp³-hybridized carbons (Fsp3) is 0.333. The SMILES string of the molecule is COc1nccnc1-c1ccc(F)cc1CNC(C)C. The van der Waals surface area contributed by atoms with Gasteiger partial charge in [-0.3, -0.25) is 0 Å². The molecular formula is C15H18FN3O. The zero-order valence-electron chi connectivity index (χ0n) is 11.9. The smallest absolute Gasteiger partial charge is 0.240 e. The topological polar surface area (TPSA) is 47.0 Å². The Balaban J connectivity index is 2.44. The van der Waals surface area contributed by atoms with Crippen molar-refractivity contribution in [1.82, 2.24) is 15.3 Å². The molecule has 20 heavy (non-hydrogen) atoms. The number of nitrogens with zero attached hydrogens (tertiary/aromatic N) is 2. The van der Waals surface area contributed by atoms with Gasteiger partial charge in [0.1, 0.15) is 11.5 Å². The highest BCUT2D eigenvalue weighted by Crippen LogP contribution is 2.28. The Morgan fingerprint density at radius 3 is 2.70 bits per heavy atom. The van der Waals surface area contributed by atoms with E-state index in [1.165, 1.54) is 12.1 Å². The Hall–Kier alpha value is -2.01. The van der Waals surface area contributed by atoms with Crippen molar-refractivity contribution in [2.75, 3.05) is 7.11 Å². The predicted molar refractivity (Wildman–Crippen MR) is 76.0 cm³/mol. The maximum atomic E-state index is 13.5. The maximum Gasteiger partial charge on any atom is 0.240 e. The molecule has 0 bridgehead atoms. The number of hydrogen-bond donors (Lipinski definition) is 1. The molecule has 0 aliphatic rings. The third kappa shape index (κ3) is 3.30. The summed E-state index contributed by atoms with van der Waals surface area (Å²) < 4.78 is 18.7. The van der Waals surface area contributed by atoms with Crippen molar-refractivity contribution in [3.63, 3.8) is 0 Å². The fourth-order valence-electron chi connectivity index (χ4n) is 1.91. The molecule has 2 rings (SSSR count). The molecule has 2 aromatic rings. The molecule has 0 saturated heterocycles. The van der Waals surface area contributed by atoms with Crippen LogP contribution in [0.5, 0.6) is 5.88 Å². The van der Waals surface area contributed by atoms with E-state index in [0.717, 1.165) is 11.1 Å². The normalized spacial score (nSPS) is 10.8. The van der Waals surface area contributed by atoms with Crippen LogP contribution in [0.1, 0.15) is 19.4 Å². The summed E-state index contributed by atoms with van der Waals surface area (Å²) >= 11 is 0. The van der Waals surface area contributed by atoms with Gasteiger partial charge < -0.3 is 10.1 Å². The molecule has 0 amide bonds. The van der Waals surface area contributed by atoms with Gasteiger partial charge in [-0.1, -0.05) is 13.8 Å². The molecule has 1 N–H and O–H groups in total. The number of hydrogen-bond acceptors (Lipinski definition) is 4. The number of aromatic nitrogens is 2. The van der Waals surface area contributed by atoms with Gasteiger partial charge in [0.15, 0.2) is 0 Å². The van der Waals surface area contributed by atoms with E-state index in [-0.39, 0.29) is 5.82 Å². The van der Waals surface area contributed by atoms with Gasteiger partial charge in [0.05, 0.1) is 7.11 Å². The lowest BCUT2D eigenvalue weighted by Crippen LogP contribution is -2.22. The molecule has 1 aromatic heterocycles. The second-order valence-electron chi connectivity index (χ2n) is 4.75. The molecule has 5 heteroatoms. The van der Waals surface area contributed by atoms with E-state index in [1.807, 2.05) is 13.8 Å². The lowest BCUT2D eigenvalue weighted by atomic mass is 10.0. The number of methoxy groups -OCH3 is 1. The first-order valence-electron chi connectivity index (χ1n) is 6.49. The van der Waals surface area contributed by atoms with Crippen LogP contribution in [0.2, 0.25) is 0 Å². The van der Waals surface area contributed by atoms with E-state index in [0.29, 0.717) is 24.2 Å². The summed E-state index contributed by atoms with van der Waals surface area (Å²) in [5.41, 5.74) is 2.28. The second kappa shape index (κ2) is 6.43. The van der Waals surface area contributed by atoms with E-state index in [2.05, 4.69) is 15.3 Å². The Labute approximate surface area is 118 Å². The molecule has 0 fully saturated rings. The summed E-state index contributed by atoms with van der Waals surface area (Å²) in [6.07, 6.45) is 3.17. The molecule has 0 saturated carbocycles. The van der Waals surface area contributed by atoms with Crippen LogP contribution in [-0.4, -0.2) is 23.1 Å². The quantitative estimate of drug-likeness (QED) is 0.911. The molecule has 0 unspecified atom stereocenters. The van der Waals surface area contributed by atoms with E-state index in [4.69, 9.17) is 4.74 Å². The van der Waals surface area contributed by atoms with Crippen molar-refractivity contribution in [3.8, 4) is 17.1 Å². The highest BCUT2D eigenvalue weighted by Gasteiger charge is 2.13. The summed E-state index contributed by atoms with van der Waals surface area (Å²) in [6, 6.07) is 4.95. The van der Waals surface area contributed by atoms with E-state index < -0.39 is 0 Å². The average molecular weight is 275 g/mol. The first kappa shape index (κ1) is 14.4. The minimum Gasteiger partial charge on any atom is -0.479 e. The maximum absolute atomic E-state index is 13.5. The van der Waals surface area contributed by atoms with Crippen LogP contribution in [0.15, 0.2) is 30.6 Å². The Bertz CT molecular complexity index is 587. The van der Waals surface area contributed by atoms with Crippen molar-refractivity contribution in [2.24, 2.45) is 0 Å². The standard InChI is InChI=1S/C15H18FN3O/c1-10(2)19-9-11-8-12(16)4-5-13(11)14-15(20-3)18-7-6-17-14/h4-8,10,19H,9H2,1-3H3. The molecule has 0 atom stereocenters. The largest absolute Gasteiger partial charge is 0.479 e. The van der Waals surface area contributed by atoms with E-state index >= 15 is 0 Å². The molecule has 106 valence electrons. The van der Waals surface area contributed by atoms with Crippen LogP contribution < -0.4 is 10.1 Å². The van der Waals surface area contributed by atoms with Crippen LogP contribution in [0.25, 0.3) is 11.3 Å². The molecular weight excluding hydrogens is 257 g/mol. The molecule has 0 aliphatic heterocycles. The first-order chi connectivity index (χ1) is 9.61. The van der Waals surface area contributed by atoms with Gasteiger partial charge >= 0.3 is 0 Å². The van der Waals surface area contributed by atoms with Crippen molar-refractivity contribution in [2.45, 2.75) is 26.4 Å². The van der Waals surface area contributed by atoms with Crippen LogP contribution >= 0.6 is 0 Å². The van der Waals surface area contributed by atoms with E-state index in [1.54, 1.807) is 25.6 Å². The number of benzene rings is 1. The minimum atomic E-state index is -0.267. The van der Waals surface area contributed by atoms with Gasteiger partial charge in [-0.25, -0.2) is 14.4 Å². The average Bonchev–Trinajstić information content (AvgIpc) is 2.45. The van der Waals surface area contributed by atoms with Gasteiger partial charge in [-0.2, -0.15) is 0 Å². The third-order valence-electron chi connectivity index (χ3n) is 2.88. The highest BCUT2D eigenvalue weighted by atomic mass is 19.1. The van der Waals surface area contributed by atoms with Gasteiger partial charge in [-0.15, -0.1) is 0 Å². The lowest BCUT2D eigenvalue weighted by Gasteiger charge is -2.13. The van der Waals surface area contributed by atoms with Gasteiger partial charge in [-0.05, 0) is 23.8 Å². The van der Waals surface area contributed by atoms with Crippen molar-refractivity contribution >= 4 is 0 Å². The summed E-state index contributed by atoms with van der Waals surface area (Å²) in [5.74, 6) is 0.169. The summed E-state index contributed by atoms with van der Waals surface area (Å²) in [6.45, 7) is 4.65. The summed E-state index contributed by atoms with van der Waals surface area (Å²) in [7, 11) is 1.54. The van der Waals surface area contributed by atoms with Crippen molar-refractivity contribution in [3.05, 3.63) is 42.0 Å². The summed E-state index contributed by atoms with van der Waals surface area (Å²) in [5, 5.41) is 3.28. The molecule has 0 aliphatic carbocycles. The molecule has 0 spiro atoms. The van der Waals surface area contributed by atoms with Gasteiger partial charge in [0.25, 0.3) is 0 Å². The number of rotatable bonds is 5. The zero-order valence-corrected chi connectivity index (χ0v) is 11.9. The molecule has 0 radical (unpaired) electrons. The predicted octanol–water partition coefficient (Wildman–Crippen LogP) is 2.79. The Kier molecular flexibility index (Phi) is 4.63. The highest BCUT2D eigenvalue weighted by molar-refractivity contribution is 5.67. The van der Waals surface area contributed by atoms with Crippen LogP contribution in [0, 0.1) is 5.82 Å². The second-order valence-corrected chi connectivity index (χ2v) is 4.75. The van der Waals surface area contributed by atoms with Crippen molar-refractivity contribution in [1.29, 1.82) is 0 Å². The molecule has 1 heterocycles. The third-order valence-corrected chi connectivity index (χ3v) is 2.88. The molecule has 1 aromatic carbocycles. The van der Waals surface area contributed by atoms with E-state index in [9.17, 15) is 4.39 Å². The number of halogens is 1. The van der Waals surface area contributed by atoms with Crippen molar-refractivity contribution < 1.29 is 9.13 Å². The van der Waals surface area contributed by atoms with Crippen LogP contribution in [0.3, 0.4) is 0 Å². The lowest BCUT2D eigenvalue weighted by molar-refractivity contribution is 0.397. The fourth-order valence-corrected chi connectivity index (χ4v) is 1.91. The van der Waals surface area contributed by atoms with Gasteiger partial charge in [0, 0.05) is 30.5 Å². The monoisotopic (exact) mass is 275 g/mol. The van der Waals surface area contributed by atoms with Crippen LogP contribution in [0.4, 0.5) is 4.39 Å².